The minimum absolute atomic E-state index is 0.117. The fourth-order valence-corrected chi connectivity index (χ4v) is 1.18. The Labute approximate surface area is 88.1 Å². The topological polar surface area (TPSA) is 37.3 Å². The number of aliphatic hydroxyl groups excluding tert-OH is 1. The van der Waals surface area contributed by atoms with Gasteiger partial charge in [0.25, 0.3) is 0 Å². The van der Waals surface area contributed by atoms with Crippen LogP contribution in [0.1, 0.15) is 25.3 Å². The summed E-state index contributed by atoms with van der Waals surface area (Å²) in [5.74, 6) is -0.612. The van der Waals surface area contributed by atoms with E-state index in [1.54, 1.807) is 0 Å². The summed E-state index contributed by atoms with van der Waals surface area (Å²) in [4.78, 5) is 11.2. The highest BCUT2D eigenvalue weighted by Gasteiger charge is 2.02. The van der Waals surface area contributed by atoms with E-state index in [4.69, 9.17) is 0 Å². The Morgan fingerprint density at radius 3 is 2.53 bits per heavy atom. The maximum Gasteiger partial charge on any atom is 0.159 e. The van der Waals surface area contributed by atoms with Crippen molar-refractivity contribution in [2.45, 2.75) is 19.8 Å². The van der Waals surface area contributed by atoms with Crippen LogP contribution in [-0.2, 0) is 4.79 Å². The molecule has 15 heavy (non-hydrogen) atoms. The molecule has 3 heteroatoms. The number of allylic oxidation sites excluding steroid dienone is 1. The van der Waals surface area contributed by atoms with Gasteiger partial charge in [-0.1, -0.05) is 6.92 Å². The Morgan fingerprint density at radius 2 is 2.00 bits per heavy atom. The van der Waals surface area contributed by atoms with Gasteiger partial charge >= 0.3 is 0 Å². The number of ketones is 1. The van der Waals surface area contributed by atoms with Crippen LogP contribution in [0.3, 0.4) is 0 Å². The minimum Gasteiger partial charge on any atom is -0.507 e. The molecular formula is C12H13FO2. The molecule has 0 fully saturated rings. The van der Waals surface area contributed by atoms with Crippen molar-refractivity contribution in [2.24, 2.45) is 0 Å². The zero-order chi connectivity index (χ0) is 11.3. The van der Waals surface area contributed by atoms with Crippen molar-refractivity contribution in [1.82, 2.24) is 0 Å². The normalized spacial score (nSPS) is 11.5. The number of benzene rings is 1. The quantitative estimate of drug-likeness (QED) is 0.609. The maximum absolute atomic E-state index is 12.6. The van der Waals surface area contributed by atoms with Crippen LogP contribution in [0.2, 0.25) is 0 Å². The molecule has 1 aromatic rings. The van der Waals surface area contributed by atoms with Crippen LogP contribution in [-0.4, -0.2) is 10.9 Å². The number of hydrogen-bond donors (Lipinski definition) is 1. The number of carbonyl (C=O) groups excluding carboxylic acids is 1. The van der Waals surface area contributed by atoms with E-state index in [1.807, 2.05) is 6.92 Å². The fraction of sp³-hybridized carbons (Fsp3) is 0.250. The second kappa shape index (κ2) is 5.29. The summed E-state index contributed by atoms with van der Waals surface area (Å²) in [5.41, 5.74) is 0.445. The van der Waals surface area contributed by atoms with Crippen LogP contribution in [0.4, 0.5) is 4.39 Å². The third kappa shape index (κ3) is 3.54. The molecule has 0 aliphatic rings. The Balaban J connectivity index is 2.79. The van der Waals surface area contributed by atoms with Gasteiger partial charge in [-0.05, 0) is 30.7 Å². The number of carbonyl (C=O) groups is 1. The van der Waals surface area contributed by atoms with Crippen molar-refractivity contribution < 1.29 is 14.3 Å². The summed E-state index contributed by atoms with van der Waals surface area (Å²) >= 11 is 0. The Kier molecular flexibility index (Phi) is 4.03. The molecule has 0 heterocycles. The third-order valence-corrected chi connectivity index (χ3v) is 1.93. The Morgan fingerprint density at radius 1 is 1.40 bits per heavy atom. The first kappa shape index (κ1) is 11.4. The van der Waals surface area contributed by atoms with Gasteiger partial charge in [0.15, 0.2) is 5.78 Å². The summed E-state index contributed by atoms with van der Waals surface area (Å²) in [6, 6.07) is 5.34. The van der Waals surface area contributed by atoms with E-state index >= 15 is 0 Å². The average Bonchev–Trinajstić information content (AvgIpc) is 2.18. The van der Waals surface area contributed by atoms with Gasteiger partial charge in [-0.15, -0.1) is 0 Å². The lowest BCUT2D eigenvalue weighted by atomic mass is 10.1. The van der Waals surface area contributed by atoms with Crippen molar-refractivity contribution in [2.75, 3.05) is 0 Å². The van der Waals surface area contributed by atoms with Crippen LogP contribution < -0.4 is 0 Å². The van der Waals surface area contributed by atoms with Crippen LogP contribution in [0.15, 0.2) is 30.3 Å². The van der Waals surface area contributed by atoms with Crippen LogP contribution in [0, 0.1) is 5.82 Å². The van der Waals surface area contributed by atoms with Gasteiger partial charge in [0.2, 0.25) is 0 Å². The van der Waals surface area contributed by atoms with Crippen molar-refractivity contribution in [1.29, 1.82) is 0 Å². The molecule has 0 radical (unpaired) electrons. The van der Waals surface area contributed by atoms with E-state index in [-0.39, 0.29) is 17.4 Å². The number of hydrogen-bond acceptors (Lipinski definition) is 2. The van der Waals surface area contributed by atoms with E-state index in [0.29, 0.717) is 12.0 Å². The first-order valence-corrected chi connectivity index (χ1v) is 4.83. The van der Waals surface area contributed by atoms with E-state index in [2.05, 4.69) is 0 Å². The fourth-order valence-electron chi connectivity index (χ4n) is 1.18. The maximum atomic E-state index is 12.6. The Hall–Kier alpha value is -1.64. The molecule has 0 bridgehead atoms. The Bertz CT molecular complexity index is 366. The summed E-state index contributed by atoms with van der Waals surface area (Å²) in [6.45, 7) is 1.89. The molecule has 0 atom stereocenters. The summed E-state index contributed by atoms with van der Waals surface area (Å²) in [7, 11) is 0. The summed E-state index contributed by atoms with van der Waals surface area (Å²) < 4.78 is 12.6. The molecule has 1 aromatic carbocycles. The van der Waals surface area contributed by atoms with Crippen LogP contribution in [0.5, 0.6) is 0 Å². The second-order valence-electron chi connectivity index (χ2n) is 3.25. The molecule has 0 aliphatic heterocycles. The van der Waals surface area contributed by atoms with Crippen molar-refractivity contribution in [3.8, 4) is 0 Å². The largest absolute Gasteiger partial charge is 0.507 e. The van der Waals surface area contributed by atoms with Gasteiger partial charge in [0.05, 0.1) is 0 Å². The van der Waals surface area contributed by atoms with Crippen molar-refractivity contribution in [3.05, 3.63) is 41.7 Å². The first-order chi connectivity index (χ1) is 7.13. The van der Waals surface area contributed by atoms with Gasteiger partial charge in [0, 0.05) is 18.1 Å². The summed E-state index contributed by atoms with van der Waals surface area (Å²) in [6.07, 6.45) is 2.33. The molecule has 0 amide bonds. The average molecular weight is 208 g/mol. The minimum atomic E-state index is -0.369. The standard InChI is InChI=1S/C12H13FO2/c1-2-3-11(14)8-12(15)9-4-6-10(13)7-5-9/h4-8,15H,2-3H2,1H3. The lowest BCUT2D eigenvalue weighted by Crippen LogP contribution is -1.94. The first-order valence-electron chi connectivity index (χ1n) is 4.83. The molecule has 1 N–H and O–H groups in total. The van der Waals surface area contributed by atoms with Gasteiger partial charge in [-0.3, -0.25) is 4.79 Å². The molecule has 1 rings (SSSR count). The smallest absolute Gasteiger partial charge is 0.159 e. The molecule has 80 valence electrons. The number of halogens is 1. The van der Waals surface area contributed by atoms with E-state index in [0.717, 1.165) is 6.42 Å². The van der Waals surface area contributed by atoms with E-state index in [1.165, 1.54) is 30.3 Å². The highest BCUT2D eigenvalue weighted by atomic mass is 19.1. The van der Waals surface area contributed by atoms with Crippen molar-refractivity contribution in [3.63, 3.8) is 0 Å². The van der Waals surface area contributed by atoms with Crippen molar-refractivity contribution >= 4 is 11.5 Å². The van der Waals surface area contributed by atoms with Gasteiger partial charge in [-0.25, -0.2) is 4.39 Å². The molecule has 2 nitrogen and oxygen atoms in total. The zero-order valence-corrected chi connectivity index (χ0v) is 8.53. The highest BCUT2D eigenvalue weighted by molar-refractivity contribution is 5.95. The van der Waals surface area contributed by atoms with E-state index in [9.17, 15) is 14.3 Å². The molecule has 0 aromatic heterocycles. The van der Waals surface area contributed by atoms with E-state index < -0.39 is 0 Å². The molecule has 0 unspecified atom stereocenters. The number of aliphatic hydroxyl groups is 1. The molecular weight excluding hydrogens is 195 g/mol. The van der Waals surface area contributed by atoms with Crippen LogP contribution in [0.25, 0.3) is 5.76 Å². The zero-order valence-electron chi connectivity index (χ0n) is 8.53. The number of rotatable bonds is 4. The molecule has 0 saturated carbocycles. The van der Waals surface area contributed by atoms with Crippen LogP contribution >= 0.6 is 0 Å². The third-order valence-electron chi connectivity index (χ3n) is 1.93. The molecule has 0 aliphatic carbocycles. The monoisotopic (exact) mass is 208 g/mol. The molecule has 0 saturated heterocycles. The predicted octanol–water partition coefficient (Wildman–Crippen LogP) is 3.09. The lowest BCUT2D eigenvalue weighted by Gasteiger charge is -1.99. The van der Waals surface area contributed by atoms with Gasteiger partial charge < -0.3 is 5.11 Å². The van der Waals surface area contributed by atoms with Gasteiger partial charge in [-0.2, -0.15) is 0 Å². The van der Waals surface area contributed by atoms with Gasteiger partial charge in [0.1, 0.15) is 11.6 Å². The highest BCUT2D eigenvalue weighted by Crippen LogP contribution is 2.12. The lowest BCUT2D eigenvalue weighted by molar-refractivity contribution is -0.114. The summed E-state index contributed by atoms with van der Waals surface area (Å²) in [5, 5.41) is 9.53. The predicted molar refractivity (Wildman–Crippen MR) is 56.9 cm³/mol. The SMILES string of the molecule is CCCC(=O)C=C(O)c1ccc(F)cc1. The second-order valence-corrected chi connectivity index (χ2v) is 3.25. The molecule has 0 spiro atoms.